The maximum atomic E-state index is 12.9. The Morgan fingerprint density at radius 3 is 2.57 bits per heavy atom. The third-order valence-corrected chi connectivity index (χ3v) is 5.17. The Balaban J connectivity index is 1.53. The highest BCUT2D eigenvalue weighted by molar-refractivity contribution is 5.95. The fourth-order valence-electron chi connectivity index (χ4n) is 3.79. The standard InChI is InChI=1S/C23H24F3N5O4/c1-22(2,3)35-21(33)30-12-6-8-16(30)19(32)28-20-27-18-11-10-14(13-31(18)29-20)15-7-4-5-9-17(15)34-23(24,25)26/h4-5,7,9-11,13,16H,6,8,12H2,1-3H3,(H,28,29,32)/t16-/m1/s1. The number of rotatable bonds is 4. The highest BCUT2D eigenvalue weighted by atomic mass is 19.4. The molecule has 12 heteroatoms. The third kappa shape index (κ3) is 5.81. The average Bonchev–Trinajstić information content (AvgIpc) is 3.38. The van der Waals surface area contributed by atoms with E-state index < -0.39 is 30.0 Å². The Morgan fingerprint density at radius 2 is 1.86 bits per heavy atom. The average molecular weight is 491 g/mol. The topological polar surface area (TPSA) is 98.1 Å². The Bertz CT molecular complexity index is 1250. The van der Waals surface area contributed by atoms with Crippen molar-refractivity contribution in [3.63, 3.8) is 0 Å². The number of nitrogens with one attached hydrogen (secondary N) is 1. The number of aromatic nitrogens is 3. The van der Waals surface area contributed by atoms with Gasteiger partial charge in [0.05, 0.1) is 0 Å². The molecule has 2 amide bonds. The largest absolute Gasteiger partial charge is 0.573 e. The smallest absolute Gasteiger partial charge is 0.444 e. The van der Waals surface area contributed by atoms with E-state index in [0.717, 1.165) is 0 Å². The van der Waals surface area contributed by atoms with Crippen LogP contribution in [0.3, 0.4) is 0 Å². The summed E-state index contributed by atoms with van der Waals surface area (Å²) in [5.41, 5.74) is 0.304. The number of alkyl halides is 3. The summed E-state index contributed by atoms with van der Waals surface area (Å²) >= 11 is 0. The quantitative estimate of drug-likeness (QED) is 0.571. The fourth-order valence-corrected chi connectivity index (χ4v) is 3.79. The van der Waals surface area contributed by atoms with Gasteiger partial charge < -0.3 is 9.47 Å². The number of anilines is 1. The van der Waals surface area contributed by atoms with E-state index in [2.05, 4.69) is 20.1 Å². The Hall–Kier alpha value is -3.83. The van der Waals surface area contributed by atoms with Crippen LogP contribution in [0.15, 0.2) is 42.6 Å². The van der Waals surface area contributed by atoms with Crippen LogP contribution in [-0.4, -0.2) is 56.0 Å². The maximum absolute atomic E-state index is 12.9. The minimum Gasteiger partial charge on any atom is -0.444 e. The lowest BCUT2D eigenvalue weighted by Gasteiger charge is -2.27. The van der Waals surface area contributed by atoms with Crippen LogP contribution in [0, 0.1) is 0 Å². The van der Waals surface area contributed by atoms with Crippen LogP contribution in [0.4, 0.5) is 23.9 Å². The Kier molecular flexibility index (Phi) is 6.30. The molecular weight excluding hydrogens is 467 g/mol. The summed E-state index contributed by atoms with van der Waals surface area (Å²) in [7, 11) is 0. The molecular formula is C23H24F3N5O4. The van der Waals surface area contributed by atoms with Gasteiger partial charge in [-0.25, -0.2) is 9.31 Å². The molecule has 186 valence electrons. The first-order valence-corrected chi connectivity index (χ1v) is 10.9. The van der Waals surface area contributed by atoms with Crippen LogP contribution in [0.25, 0.3) is 16.8 Å². The van der Waals surface area contributed by atoms with Gasteiger partial charge in [-0.2, -0.15) is 4.98 Å². The molecule has 3 aromatic rings. The van der Waals surface area contributed by atoms with Crippen LogP contribution < -0.4 is 10.1 Å². The molecule has 0 radical (unpaired) electrons. The van der Waals surface area contributed by atoms with Gasteiger partial charge in [0.2, 0.25) is 11.9 Å². The molecule has 35 heavy (non-hydrogen) atoms. The van der Waals surface area contributed by atoms with Crippen molar-refractivity contribution in [2.24, 2.45) is 0 Å². The number of amides is 2. The number of hydrogen-bond acceptors (Lipinski definition) is 6. The van der Waals surface area contributed by atoms with Gasteiger partial charge in [0.25, 0.3) is 0 Å². The van der Waals surface area contributed by atoms with Crippen molar-refractivity contribution in [2.45, 2.75) is 51.6 Å². The summed E-state index contributed by atoms with van der Waals surface area (Å²) in [6.07, 6.45) is -2.79. The van der Waals surface area contributed by atoms with Gasteiger partial charge in [0.1, 0.15) is 17.4 Å². The van der Waals surface area contributed by atoms with Crippen molar-refractivity contribution < 1.29 is 32.2 Å². The van der Waals surface area contributed by atoms with Crippen LogP contribution in [0.1, 0.15) is 33.6 Å². The molecule has 1 aromatic carbocycles. The van der Waals surface area contributed by atoms with Gasteiger partial charge in [0.15, 0.2) is 5.65 Å². The fraction of sp³-hybridized carbons (Fsp3) is 0.391. The van der Waals surface area contributed by atoms with E-state index in [1.54, 1.807) is 39.0 Å². The number of carbonyl (C=O) groups excluding carboxylic acids is 2. The van der Waals surface area contributed by atoms with Crippen molar-refractivity contribution in [3.05, 3.63) is 42.6 Å². The maximum Gasteiger partial charge on any atom is 0.573 e. The molecule has 1 fully saturated rings. The van der Waals surface area contributed by atoms with Crippen molar-refractivity contribution in [1.29, 1.82) is 0 Å². The zero-order valence-electron chi connectivity index (χ0n) is 19.3. The monoisotopic (exact) mass is 491 g/mol. The number of nitrogens with zero attached hydrogens (tertiary/aromatic N) is 4. The lowest BCUT2D eigenvalue weighted by molar-refractivity contribution is -0.274. The predicted octanol–water partition coefficient (Wildman–Crippen LogP) is 4.63. The number of pyridine rings is 1. The van der Waals surface area contributed by atoms with E-state index in [4.69, 9.17) is 4.74 Å². The van der Waals surface area contributed by atoms with Crippen LogP contribution in [0.2, 0.25) is 0 Å². The number of fused-ring (bicyclic) bond motifs is 1. The second-order valence-electron chi connectivity index (χ2n) is 9.02. The highest BCUT2D eigenvalue weighted by Gasteiger charge is 2.37. The number of benzene rings is 1. The molecule has 4 rings (SSSR count). The molecule has 0 bridgehead atoms. The van der Waals surface area contributed by atoms with E-state index in [1.165, 1.54) is 33.8 Å². The molecule has 1 N–H and O–H groups in total. The summed E-state index contributed by atoms with van der Waals surface area (Å²) in [5.74, 6) is -0.798. The van der Waals surface area contributed by atoms with Crippen LogP contribution >= 0.6 is 0 Å². The first-order chi connectivity index (χ1) is 16.4. The molecule has 1 aliphatic heterocycles. The van der Waals surface area contributed by atoms with Gasteiger partial charge in [-0.1, -0.05) is 18.2 Å². The molecule has 0 unspecified atom stereocenters. The van der Waals surface area contributed by atoms with Crippen molar-refractivity contribution in [3.8, 4) is 16.9 Å². The number of para-hydroxylation sites is 1. The first-order valence-electron chi connectivity index (χ1n) is 10.9. The number of halogens is 3. The van der Waals surface area contributed by atoms with Crippen molar-refractivity contribution >= 4 is 23.6 Å². The van der Waals surface area contributed by atoms with Crippen LogP contribution in [0.5, 0.6) is 5.75 Å². The van der Waals surface area contributed by atoms with Gasteiger partial charge >= 0.3 is 12.5 Å². The summed E-state index contributed by atoms with van der Waals surface area (Å²) in [6, 6.07) is 8.16. The second kappa shape index (κ2) is 9.08. The lowest BCUT2D eigenvalue weighted by Crippen LogP contribution is -2.45. The highest BCUT2D eigenvalue weighted by Crippen LogP contribution is 2.33. The van der Waals surface area contributed by atoms with E-state index in [9.17, 15) is 22.8 Å². The summed E-state index contributed by atoms with van der Waals surface area (Å²) in [6.45, 7) is 5.64. The molecule has 0 aliphatic carbocycles. The van der Waals surface area contributed by atoms with E-state index in [-0.39, 0.29) is 17.3 Å². The Morgan fingerprint density at radius 1 is 1.11 bits per heavy atom. The summed E-state index contributed by atoms with van der Waals surface area (Å²) in [5, 5.41) is 6.84. The molecule has 1 atom stereocenters. The van der Waals surface area contributed by atoms with E-state index in [0.29, 0.717) is 30.6 Å². The molecule has 0 spiro atoms. The SMILES string of the molecule is CC(C)(C)OC(=O)N1CCC[C@@H]1C(=O)Nc1nc2ccc(-c3ccccc3OC(F)(F)F)cn2n1. The molecule has 1 saturated heterocycles. The minimum atomic E-state index is -4.83. The van der Waals surface area contributed by atoms with Crippen molar-refractivity contribution in [1.82, 2.24) is 19.5 Å². The van der Waals surface area contributed by atoms with E-state index in [1.807, 2.05) is 0 Å². The summed E-state index contributed by atoms with van der Waals surface area (Å²) in [4.78, 5) is 31.0. The molecule has 9 nitrogen and oxygen atoms in total. The molecule has 0 saturated carbocycles. The van der Waals surface area contributed by atoms with Crippen LogP contribution in [-0.2, 0) is 9.53 Å². The third-order valence-electron chi connectivity index (χ3n) is 5.17. The minimum absolute atomic E-state index is 0.00279. The summed E-state index contributed by atoms with van der Waals surface area (Å²) < 4.78 is 49.2. The molecule has 2 aromatic heterocycles. The Labute approximate surface area is 198 Å². The van der Waals surface area contributed by atoms with Gasteiger partial charge in [0, 0.05) is 23.9 Å². The molecule has 1 aliphatic rings. The van der Waals surface area contributed by atoms with Gasteiger partial charge in [-0.05, 0) is 51.8 Å². The first kappa shape index (κ1) is 24.3. The van der Waals surface area contributed by atoms with Gasteiger partial charge in [-0.15, -0.1) is 18.3 Å². The van der Waals surface area contributed by atoms with Crippen molar-refractivity contribution in [2.75, 3.05) is 11.9 Å². The number of hydrogen-bond donors (Lipinski definition) is 1. The zero-order valence-corrected chi connectivity index (χ0v) is 19.3. The number of ether oxygens (including phenoxy) is 2. The zero-order chi connectivity index (χ0) is 25.4. The molecule has 3 heterocycles. The van der Waals surface area contributed by atoms with Gasteiger partial charge in [-0.3, -0.25) is 15.0 Å². The predicted molar refractivity (Wildman–Crippen MR) is 120 cm³/mol. The normalized spacial score (nSPS) is 16.4. The number of carbonyl (C=O) groups is 2. The second-order valence-corrected chi connectivity index (χ2v) is 9.02. The lowest BCUT2D eigenvalue weighted by atomic mass is 10.1. The van der Waals surface area contributed by atoms with E-state index >= 15 is 0 Å². The number of likely N-dealkylation sites (tertiary alicyclic amines) is 1.